The zero-order valence-electron chi connectivity index (χ0n) is 10.0. The second kappa shape index (κ2) is 4.94. The number of carbonyl (C=O) groups excluding carboxylic acids is 1. The normalized spacial score (nSPS) is 13.9. The fraction of sp³-hybridized carbons (Fsp3) is 0.250. The zero-order valence-corrected chi connectivity index (χ0v) is 10.8. The Bertz CT molecular complexity index is 602. The predicted molar refractivity (Wildman–Crippen MR) is 71.4 cm³/mol. The molecule has 7 heteroatoms. The molecule has 0 aromatic carbocycles. The van der Waals surface area contributed by atoms with Crippen molar-refractivity contribution in [2.75, 3.05) is 11.9 Å². The van der Waals surface area contributed by atoms with E-state index in [4.69, 9.17) is 0 Å². The number of aromatic hydroxyl groups is 1. The monoisotopic (exact) mass is 276 g/mol. The van der Waals surface area contributed by atoms with Crippen LogP contribution in [0.1, 0.15) is 20.9 Å². The third-order valence-corrected chi connectivity index (χ3v) is 3.88. The fourth-order valence-electron chi connectivity index (χ4n) is 1.92. The molecule has 0 aliphatic carbocycles. The lowest BCUT2D eigenvalue weighted by molar-refractivity contribution is 0.102. The van der Waals surface area contributed by atoms with Gasteiger partial charge < -0.3 is 10.4 Å². The molecule has 0 saturated heterocycles. The maximum Gasteiger partial charge on any atom is 0.261 e. The molecule has 0 saturated carbocycles. The number of pyridine rings is 1. The van der Waals surface area contributed by atoms with Crippen LogP contribution in [-0.2, 0) is 13.0 Å². The van der Waals surface area contributed by atoms with Crippen molar-refractivity contribution in [3.63, 3.8) is 0 Å². The summed E-state index contributed by atoms with van der Waals surface area (Å²) in [6.07, 6.45) is 3.58. The number of fused-ring (bicyclic) bond motifs is 1. The molecule has 1 aliphatic rings. The number of thiazole rings is 1. The minimum atomic E-state index is -0.376. The topological polar surface area (TPSA) is 87.1 Å². The van der Waals surface area contributed by atoms with Crippen LogP contribution >= 0.6 is 11.3 Å². The zero-order chi connectivity index (χ0) is 13.2. The molecule has 0 unspecified atom stereocenters. The highest BCUT2D eigenvalue weighted by Gasteiger charge is 2.17. The van der Waals surface area contributed by atoms with Crippen molar-refractivity contribution in [3.8, 4) is 5.75 Å². The van der Waals surface area contributed by atoms with E-state index in [-0.39, 0.29) is 17.2 Å². The Balaban J connectivity index is 1.80. The average molecular weight is 276 g/mol. The first-order chi connectivity index (χ1) is 9.24. The van der Waals surface area contributed by atoms with Gasteiger partial charge in [-0.05, 0) is 6.07 Å². The number of aromatic nitrogens is 2. The number of nitrogens with zero attached hydrogens (tertiary/aromatic N) is 2. The number of carbonyl (C=O) groups is 1. The van der Waals surface area contributed by atoms with Crippen LogP contribution in [0, 0.1) is 0 Å². The molecular formula is C12H12N4O2S. The summed E-state index contributed by atoms with van der Waals surface area (Å²) < 4.78 is 0. The van der Waals surface area contributed by atoms with Gasteiger partial charge in [-0.25, -0.2) is 4.98 Å². The van der Waals surface area contributed by atoms with E-state index >= 15 is 0 Å². The van der Waals surface area contributed by atoms with E-state index in [9.17, 15) is 9.90 Å². The van der Waals surface area contributed by atoms with E-state index in [0.29, 0.717) is 5.13 Å². The first-order valence-corrected chi connectivity index (χ1v) is 6.69. The van der Waals surface area contributed by atoms with Gasteiger partial charge in [0.2, 0.25) is 0 Å². The lowest BCUT2D eigenvalue weighted by Gasteiger charge is -2.09. The predicted octanol–water partition coefficient (Wildman–Crippen LogP) is 1.14. The molecule has 1 amide bonds. The minimum Gasteiger partial charge on any atom is -0.505 e. The van der Waals surface area contributed by atoms with Gasteiger partial charge in [-0.1, -0.05) is 0 Å². The van der Waals surface area contributed by atoms with Crippen molar-refractivity contribution in [1.82, 2.24) is 15.3 Å². The van der Waals surface area contributed by atoms with Crippen molar-refractivity contribution in [1.29, 1.82) is 0 Å². The van der Waals surface area contributed by atoms with Crippen molar-refractivity contribution >= 4 is 22.4 Å². The summed E-state index contributed by atoms with van der Waals surface area (Å²) in [4.78, 5) is 21.3. The van der Waals surface area contributed by atoms with E-state index in [1.165, 1.54) is 29.8 Å². The smallest absolute Gasteiger partial charge is 0.261 e. The molecular weight excluding hydrogens is 264 g/mol. The van der Waals surface area contributed by atoms with Gasteiger partial charge in [0.05, 0.1) is 17.5 Å². The summed E-state index contributed by atoms with van der Waals surface area (Å²) in [5.41, 5.74) is 1.24. The summed E-state index contributed by atoms with van der Waals surface area (Å²) in [5.74, 6) is -0.512. The lowest BCUT2D eigenvalue weighted by atomic mass is 10.2. The third kappa shape index (κ3) is 2.42. The van der Waals surface area contributed by atoms with E-state index in [1.54, 1.807) is 0 Å². The highest BCUT2D eigenvalue weighted by Crippen LogP contribution is 2.26. The van der Waals surface area contributed by atoms with Gasteiger partial charge >= 0.3 is 0 Å². The summed E-state index contributed by atoms with van der Waals surface area (Å²) in [5, 5.41) is 16.1. The Morgan fingerprint density at radius 2 is 2.42 bits per heavy atom. The third-order valence-electron chi connectivity index (χ3n) is 2.87. The van der Waals surface area contributed by atoms with Gasteiger partial charge in [-0.15, -0.1) is 11.3 Å². The molecule has 3 rings (SSSR count). The first kappa shape index (κ1) is 12.1. The Labute approximate surface area is 113 Å². The van der Waals surface area contributed by atoms with E-state index in [0.717, 1.165) is 30.1 Å². The van der Waals surface area contributed by atoms with Crippen LogP contribution in [0.25, 0.3) is 0 Å². The van der Waals surface area contributed by atoms with Gasteiger partial charge in [-0.3, -0.25) is 15.1 Å². The summed E-state index contributed by atoms with van der Waals surface area (Å²) >= 11 is 1.46. The molecule has 19 heavy (non-hydrogen) atoms. The van der Waals surface area contributed by atoms with Gasteiger partial charge in [-0.2, -0.15) is 0 Å². The summed E-state index contributed by atoms with van der Waals surface area (Å²) in [7, 11) is 0. The van der Waals surface area contributed by atoms with Gasteiger partial charge in [0.25, 0.3) is 5.91 Å². The number of anilines is 1. The highest BCUT2D eigenvalue weighted by molar-refractivity contribution is 7.15. The SMILES string of the molecule is O=C(Nc1nc2c(s1)CNCC2)c1ccncc1O. The van der Waals surface area contributed by atoms with Gasteiger partial charge in [0, 0.05) is 30.6 Å². The van der Waals surface area contributed by atoms with Crippen molar-refractivity contribution in [3.05, 3.63) is 34.6 Å². The Morgan fingerprint density at radius 1 is 1.53 bits per heavy atom. The highest BCUT2D eigenvalue weighted by atomic mass is 32.1. The van der Waals surface area contributed by atoms with Crippen LogP contribution in [0.3, 0.4) is 0 Å². The molecule has 1 aliphatic heterocycles. The standard InChI is InChI=1S/C12H12N4O2S/c17-9-5-13-3-1-7(9)11(18)16-12-15-8-2-4-14-6-10(8)19-12/h1,3,5,14,17H,2,4,6H2,(H,15,16,18). The Kier molecular flexibility index (Phi) is 3.14. The fourth-order valence-corrected chi connectivity index (χ4v) is 2.89. The molecule has 98 valence electrons. The van der Waals surface area contributed by atoms with Crippen LogP contribution in [-0.4, -0.2) is 27.5 Å². The molecule has 3 N–H and O–H groups in total. The first-order valence-electron chi connectivity index (χ1n) is 5.87. The molecule has 0 atom stereocenters. The average Bonchev–Trinajstić information content (AvgIpc) is 2.81. The number of hydrogen-bond acceptors (Lipinski definition) is 6. The summed E-state index contributed by atoms with van der Waals surface area (Å²) in [6.45, 7) is 1.71. The largest absolute Gasteiger partial charge is 0.505 e. The van der Waals surface area contributed by atoms with Crippen molar-refractivity contribution in [2.45, 2.75) is 13.0 Å². The minimum absolute atomic E-state index is 0.136. The number of rotatable bonds is 2. The van der Waals surface area contributed by atoms with Crippen LogP contribution in [0.5, 0.6) is 5.75 Å². The maximum atomic E-state index is 12.0. The lowest BCUT2D eigenvalue weighted by Crippen LogP contribution is -2.22. The van der Waals surface area contributed by atoms with Crippen molar-refractivity contribution < 1.29 is 9.90 Å². The molecule has 0 fully saturated rings. The molecule has 0 spiro atoms. The molecule has 3 heterocycles. The Morgan fingerprint density at radius 3 is 3.21 bits per heavy atom. The van der Waals surface area contributed by atoms with Crippen LogP contribution in [0.15, 0.2) is 18.5 Å². The molecule has 0 radical (unpaired) electrons. The summed E-state index contributed by atoms with van der Waals surface area (Å²) in [6, 6.07) is 1.47. The number of nitrogens with one attached hydrogen (secondary N) is 2. The van der Waals surface area contributed by atoms with E-state index < -0.39 is 0 Å². The molecule has 2 aromatic rings. The van der Waals surface area contributed by atoms with Gasteiger partial charge in [0.15, 0.2) is 5.13 Å². The number of hydrogen-bond donors (Lipinski definition) is 3. The van der Waals surface area contributed by atoms with E-state index in [2.05, 4.69) is 20.6 Å². The van der Waals surface area contributed by atoms with Crippen LogP contribution in [0.4, 0.5) is 5.13 Å². The second-order valence-corrected chi connectivity index (χ2v) is 5.25. The Hall–Kier alpha value is -1.99. The van der Waals surface area contributed by atoms with Gasteiger partial charge in [0.1, 0.15) is 5.75 Å². The molecule has 6 nitrogen and oxygen atoms in total. The van der Waals surface area contributed by atoms with Crippen LogP contribution < -0.4 is 10.6 Å². The van der Waals surface area contributed by atoms with E-state index in [1.807, 2.05) is 0 Å². The van der Waals surface area contributed by atoms with Crippen molar-refractivity contribution in [2.24, 2.45) is 0 Å². The number of amides is 1. The second-order valence-electron chi connectivity index (χ2n) is 4.16. The molecule has 2 aromatic heterocycles. The quantitative estimate of drug-likeness (QED) is 0.765. The maximum absolute atomic E-state index is 12.0. The van der Waals surface area contributed by atoms with Crippen LogP contribution in [0.2, 0.25) is 0 Å². The molecule has 0 bridgehead atoms.